The molecule has 3 heterocycles. The lowest BCUT2D eigenvalue weighted by atomic mass is 10.0. The summed E-state index contributed by atoms with van der Waals surface area (Å²) in [6.45, 7) is 3.00. The number of anilines is 1. The van der Waals surface area contributed by atoms with Crippen LogP contribution in [-0.2, 0) is 11.3 Å². The van der Waals surface area contributed by atoms with Gasteiger partial charge in [0.05, 0.1) is 5.56 Å². The predicted molar refractivity (Wildman–Crippen MR) is 135 cm³/mol. The van der Waals surface area contributed by atoms with Gasteiger partial charge in [0.15, 0.2) is 0 Å². The van der Waals surface area contributed by atoms with Crippen LogP contribution in [0.1, 0.15) is 33.9 Å². The Bertz CT molecular complexity index is 1370. The lowest BCUT2D eigenvalue weighted by molar-refractivity contribution is -0.143. The molecule has 1 atom stereocenters. The molecule has 0 aliphatic carbocycles. The van der Waals surface area contributed by atoms with Crippen molar-refractivity contribution in [1.29, 1.82) is 0 Å². The first-order chi connectivity index (χ1) is 17.5. The molecule has 4 aromatic rings. The molecule has 1 saturated heterocycles. The van der Waals surface area contributed by atoms with Crippen LogP contribution in [-0.4, -0.2) is 67.8 Å². The Morgan fingerprint density at radius 2 is 1.69 bits per heavy atom. The fraction of sp³-hybridized carbons (Fsp3) is 0.259. The van der Waals surface area contributed by atoms with Gasteiger partial charge in [-0.15, -0.1) is 0 Å². The molecule has 1 aliphatic rings. The number of aromatic nitrogens is 3. The molecule has 184 valence electrons. The van der Waals surface area contributed by atoms with Crippen LogP contribution in [0.3, 0.4) is 0 Å². The summed E-state index contributed by atoms with van der Waals surface area (Å²) in [4.78, 5) is 37.1. The van der Waals surface area contributed by atoms with Gasteiger partial charge in [-0.25, -0.2) is 14.8 Å². The van der Waals surface area contributed by atoms with Crippen LogP contribution in [0.2, 0.25) is 0 Å². The van der Waals surface area contributed by atoms with Crippen molar-refractivity contribution < 1.29 is 19.8 Å². The van der Waals surface area contributed by atoms with Gasteiger partial charge in [-0.1, -0.05) is 36.4 Å². The maximum absolute atomic E-state index is 12.7. The smallest absolute Gasteiger partial charge is 0.335 e. The van der Waals surface area contributed by atoms with Crippen LogP contribution in [0.25, 0.3) is 10.9 Å². The largest absolute Gasteiger partial charge is 0.480 e. The zero-order chi connectivity index (χ0) is 25.1. The second kappa shape index (κ2) is 10.2. The molecule has 0 saturated carbocycles. The zero-order valence-electron chi connectivity index (χ0n) is 19.7. The summed E-state index contributed by atoms with van der Waals surface area (Å²) < 4.78 is 1.95. The third-order valence-corrected chi connectivity index (χ3v) is 6.61. The van der Waals surface area contributed by atoms with Crippen molar-refractivity contribution in [3.05, 3.63) is 89.9 Å². The average Bonchev–Trinajstić information content (AvgIpc) is 3.06. The quantitative estimate of drug-likeness (QED) is 0.409. The molecule has 9 heteroatoms. The number of rotatable bonds is 7. The summed E-state index contributed by atoms with van der Waals surface area (Å²) >= 11 is 0. The van der Waals surface area contributed by atoms with Gasteiger partial charge in [0.1, 0.15) is 6.04 Å². The first kappa shape index (κ1) is 23.5. The molecular formula is C27H27N5O4. The molecular weight excluding hydrogens is 458 g/mol. The van der Waals surface area contributed by atoms with Gasteiger partial charge in [-0.2, -0.15) is 0 Å². The summed E-state index contributed by atoms with van der Waals surface area (Å²) in [5.74, 6) is -1.30. The maximum atomic E-state index is 12.7. The van der Waals surface area contributed by atoms with Gasteiger partial charge < -0.3 is 19.7 Å². The Kier molecular flexibility index (Phi) is 6.64. The molecule has 0 bridgehead atoms. The molecule has 2 aromatic heterocycles. The maximum Gasteiger partial charge on any atom is 0.335 e. The van der Waals surface area contributed by atoms with E-state index in [2.05, 4.69) is 14.9 Å². The molecule has 0 spiro atoms. The molecule has 2 N–H and O–H groups in total. The van der Waals surface area contributed by atoms with Gasteiger partial charge in [0.2, 0.25) is 5.95 Å². The standard InChI is InChI=1S/C27H27N5O4/c33-25(34)20-8-9-21-22(18-32(23(21)16-20)17-19-6-2-1-3-7-19)24(26(35)36)30-12-5-13-31(15-14-30)27-28-10-4-11-29-27/h1-4,6-11,16,18,24H,5,12-15,17H2,(H,33,34)(H,35,36). The molecule has 1 fully saturated rings. The van der Waals surface area contributed by atoms with E-state index in [1.165, 1.54) is 6.07 Å². The van der Waals surface area contributed by atoms with Crippen molar-refractivity contribution in [1.82, 2.24) is 19.4 Å². The minimum atomic E-state index is -1.02. The number of fused-ring (bicyclic) bond motifs is 1. The molecule has 0 radical (unpaired) electrons. The van der Waals surface area contributed by atoms with Crippen molar-refractivity contribution >= 4 is 28.8 Å². The van der Waals surface area contributed by atoms with Crippen molar-refractivity contribution in [3.8, 4) is 0 Å². The van der Waals surface area contributed by atoms with Gasteiger partial charge in [-0.05, 0) is 30.2 Å². The zero-order valence-corrected chi connectivity index (χ0v) is 19.7. The van der Waals surface area contributed by atoms with Crippen molar-refractivity contribution in [2.75, 3.05) is 31.1 Å². The van der Waals surface area contributed by atoms with Crippen molar-refractivity contribution in [2.45, 2.75) is 19.0 Å². The van der Waals surface area contributed by atoms with Crippen LogP contribution < -0.4 is 4.90 Å². The number of aliphatic carboxylic acids is 1. The Morgan fingerprint density at radius 1 is 0.917 bits per heavy atom. The Hall–Kier alpha value is -4.24. The van der Waals surface area contributed by atoms with Crippen LogP contribution in [0.4, 0.5) is 5.95 Å². The summed E-state index contributed by atoms with van der Waals surface area (Å²) in [7, 11) is 0. The number of hydrogen-bond acceptors (Lipinski definition) is 6. The molecule has 9 nitrogen and oxygen atoms in total. The van der Waals surface area contributed by atoms with Crippen LogP contribution in [0.15, 0.2) is 73.2 Å². The van der Waals surface area contributed by atoms with Gasteiger partial charge in [0, 0.05) is 67.8 Å². The fourth-order valence-electron chi connectivity index (χ4n) is 4.92. The summed E-state index contributed by atoms with van der Waals surface area (Å²) in [5, 5.41) is 20.7. The molecule has 5 rings (SSSR count). The summed E-state index contributed by atoms with van der Waals surface area (Å²) in [6.07, 6.45) is 6.05. The monoisotopic (exact) mass is 485 g/mol. The lowest BCUT2D eigenvalue weighted by Gasteiger charge is -2.27. The predicted octanol–water partition coefficient (Wildman–Crippen LogP) is 3.52. The van der Waals surface area contributed by atoms with E-state index in [0.717, 1.165) is 23.9 Å². The average molecular weight is 486 g/mol. The highest BCUT2D eigenvalue weighted by molar-refractivity contribution is 5.96. The van der Waals surface area contributed by atoms with E-state index in [-0.39, 0.29) is 5.56 Å². The van der Waals surface area contributed by atoms with E-state index in [1.807, 2.05) is 46.0 Å². The lowest BCUT2D eigenvalue weighted by Crippen LogP contribution is -2.37. The molecule has 36 heavy (non-hydrogen) atoms. The van der Waals surface area contributed by atoms with Crippen molar-refractivity contribution in [3.63, 3.8) is 0 Å². The number of nitrogens with zero attached hydrogens (tertiary/aromatic N) is 5. The third kappa shape index (κ3) is 4.78. The molecule has 1 aliphatic heterocycles. The van der Waals surface area contributed by atoms with E-state index >= 15 is 0 Å². The van der Waals surface area contributed by atoms with E-state index < -0.39 is 18.0 Å². The highest BCUT2D eigenvalue weighted by Gasteiger charge is 2.32. The number of carboxylic acids is 2. The number of aromatic carboxylic acids is 1. The topological polar surface area (TPSA) is 112 Å². The first-order valence-electron chi connectivity index (χ1n) is 11.9. The molecule has 2 aromatic carbocycles. The van der Waals surface area contributed by atoms with Gasteiger partial charge >= 0.3 is 11.9 Å². The van der Waals surface area contributed by atoms with E-state index in [0.29, 0.717) is 43.2 Å². The van der Waals surface area contributed by atoms with Gasteiger partial charge in [-0.3, -0.25) is 9.69 Å². The normalized spacial score (nSPS) is 15.5. The summed E-state index contributed by atoms with van der Waals surface area (Å²) in [5.41, 5.74) is 2.58. The minimum Gasteiger partial charge on any atom is -0.480 e. The highest BCUT2D eigenvalue weighted by Crippen LogP contribution is 2.33. The third-order valence-electron chi connectivity index (χ3n) is 6.61. The number of carbonyl (C=O) groups is 2. The molecule has 0 amide bonds. The molecule has 1 unspecified atom stereocenters. The SMILES string of the molecule is O=C(O)c1ccc2c(C(C(=O)O)N3CCCN(c4ncccn4)CC3)cn(Cc3ccccc3)c2c1. The van der Waals surface area contributed by atoms with E-state index in [4.69, 9.17) is 0 Å². The van der Waals surface area contributed by atoms with Crippen molar-refractivity contribution in [2.24, 2.45) is 0 Å². The second-order valence-corrected chi connectivity index (χ2v) is 8.90. The highest BCUT2D eigenvalue weighted by atomic mass is 16.4. The second-order valence-electron chi connectivity index (χ2n) is 8.90. The first-order valence-corrected chi connectivity index (χ1v) is 11.9. The van der Waals surface area contributed by atoms with E-state index in [1.54, 1.807) is 30.6 Å². The Morgan fingerprint density at radius 3 is 2.42 bits per heavy atom. The number of hydrogen-bond donors (Lipinski definition) is 2. The van der Waals surface area contributed by atoms with Crippen LogP contribution >= 0.6 is 0 Å². The fourth-order valence-corrected chi connectivity index (χ4v) is 4.92. The van der Waals surface area contributed by atoms with Crippen LogP contribution in [0.5, 0.6) is 0 Å². The number of benzene rings is 2. The van der Waals surface area contributed by atoms with Gasteiger partial charge in [0.25, 0.3) is 0 Å². The van der Waals surface area contributed by atoms with Crippen LogP contribution in [0, 0.1) is 0 Å². The Labute approximate surface area is 208 Å². The summed E-state index contributed by atoms with van der Waals surface area (Å²) in [6, 6.07) is 15.6. The Balaban J connectivity index is 1.51. The van der Waals surface area contributed by atoms with E-state index in [9.17, 15) is 19.8 Å². The number of carboxylic acid groups (broad SMARTS) is 2. The minimum absolute atomic E-state index is 0.168.